The summed E-state index contributed by atoms with van der Waals surface area (Å²) in [6.07, 6.45) is 3.94. The van der Waals surface area contributed by atoms with Crippen molar-refractivity contribution in [3.05, 3.63) is 171 Å². The van der Waals surface area contributed by atoms with Gasteiger partial charge in [0.05, 0.1) is 13.2 Å². The highest BCUT2D eigenvalue weighted by molar-refractivity contribution is 5.77. The van der Waals surface area contributed by atoms with E-state index in [2.05, 4.69) is 123 Å². The molecule has 0 saturated heterocycles. The van der Waals surface area contributed by atoms with Gasteiger partial charge in [0.2, 0.25) is 0 Å². The van der Waals surface area contributed by atoms with Crippen LogP contribution < -0.4 is 4.74 Å². The average molecular weight is 667 g/mol. The van der Waals surface area contributed by atoms with Crippen molar-refractivity contribution in [1.29, 1.82) is 0 Å². The van der Waals surface area contributed by atoms with Crippen LogP contribution in [0.15, 0.2) is 121 Å². The lowest BCUT2D eigenvalue weighted by Crippen LogP contribution is -2.27. The Labute approximate surface area is 296 Å². The monoisotopic (exact) mass is 666 g/mol. The van der Waals surface area contributed by atoms with Crippen LogP contribution in [-0.2, 0) is 25.4 Å². The zero-order chi connectivity index (χ0) is 34.9. The van der Waals surface area contributed by atoms with Gasteiger partial charge in [-0.05, 0) is 69.1 Å². The van der Waals surface area contributed by atoms with Crippen molar-refractivity contribution in [1.82, 2.24) is 0 Å². The van der Waals surface area contributed by atoms with Crippen molar-refractivity contribution < 1.29 is 23.7 Å². The number of carbonyl (C=O) groups excluding carboxylic acids is 1. The third kappa shape index (κ3) is 8.24. The van der Waals surface area contributed by atoms with Gasteiger partial charge in [0.25, 0.3) is 0 Å². The Hall–Kier alpha value is -4.97. The molecular formula is C45H46O5. The fourth-order valence-electron chi connectivity index (χ4n) is 6.64. The van der Waals surface area contributed by atoms with E-state index in [0.717, 1.165) is 33.6 Å². The molecule has 0 N–H and O–H groups in total. The molecule has 3 unspecified atom stereocenters. The molecule has 5 aromatic carbocycles. The maximum Gasteiger partial charge on any atom is 0.335 e. The summed E-state index contributed by atoms with van der Waals surface area (Å²) < 4.78 is 23.5. The summed E-state index contributed by atoms with van der Waals surface area (Å²) in [5.74, 6) is 0.860. The standard InChI is InChI=1S/C45H46O5/c1-5-48-45(46)43(47-4)28-33-16-24-40(25-17-33)49-26-27-50-44-41-29-38(31(2)34-12-8-6-9-13-34)22-20-36(41)18-19-37-21-23-39(30-42(37)44)32(3)35-14-10-7-11-15-35/h6-25,29-32,43-44H,5,26-28H2,1-4H3. The molecule has 0 saturated carbocycles. The highest BCUT2D eigenvalue weighted by Crippen LogP contribution is 2.39. The molecule has 0 fully saturated rings. The summed E-state index contributed by atoms with van der Waals surface area (Å²) in [6.45, 7) is 7.42. The molecule has 6 rings (SSSR count). The molecule has 0 spiro atoms. The van der Waals surface area contributed by atoms with E-state index in [-0.39, 0.29) is 23.9 Å². The third-order valence-electron chi connectivity index (χ3n) is 9.64. The summed E-state index contributed by atoms with van der Waals surface area (Å²) in [5.41, 5.74) is 10.7. The van der Waals surface area contributed by atoms with Gasteiger partial charge in [-0.2, -0.15) is 0 Å². The number of ether oxygens (including phenoxy) is 4. The van der Waals surface area contributed by atoms with E-state index in [1.165, 1.54) is 29.4 Å². The Morgan fingerprint density at radius 3 is 1.70 bits per heavy atom. The number of benzene rings is 5. The Morgan fingerprint density at radius 2 is 1.20 bits per heavy atom. The topological polar surface area (TPSA) is 54.0 Å². The van der Waals surface area contributed by atoms with Gasteiger partial charge in [0, 0.05) is 25.4 Å². The van der Waals surface area contributed by atoms with E-state index in [4.69, 9.17) is 18.9 Å². The van der Waals surface area contributed by atoms with Crippen LogP contribution >= 0.6 is 0 Å². The average Bonchev–Trinajstić information content (AvgIpc) is 3.32. The van der Waals surface area contributed by atoms with E-state index in [9.17, 15) is 4.79 Å². The number of methoxy groups -OCH3 is 1. The summed E-state index contributed by atoms with van der Waals surface area (Å²) in [7, 11) is 1.52. The van der Waals surface area contributed by atoms with Crippen LogP contribution in [0.1, 0.15) is 88.8 Å². The van der Waals surface area contributed by atoms with Crippen molar-refractivity contribution in [2.24, 2.45) is 0 Å². The van der Waals surface area contributed by atoms with Crippen molar-refractivity contribution in [3.63, 3.8) is 0 Å². The second kappa shape index (κ2) is 16.6. The lowest BCUT2D eigenvalue weighted by molar-refractivity contribution is -0.154. The Balaban J connectivity index is 1.23. The molecule has 0 heterocycles. The van der Waals surface area contributed by atoms with E-state index >= 15 is 0 Å². The fourth-order valence-corrected chi connectivity index (χ4v) is 6.64. The molecule has 0 bridgehead atoms. The first kappa shape index (κ1) is 34.9. The molecule has 50 heavy (non-hydrogen) atoms. The van der Waals surface area contributed by atoms with Crippen molar-refractivity contribution >= 4 is 18.1 Å². The number of hydrogen-bond donors (Lipinski definition) is 0. The molecular weight excluding hydrogens is 620 g/mol. The Morgan fingerprint density at radius 1 is 0.660 bits per heavy atom. The molecule has 0 radical (unpaired) electrons. The molecule has 3 atom stereocenters. The lowest BCUT2D eigenvalue weighted by atomic mass is 9.86. The Kier molecular flexibility index (Phi) is 11.6. The van der Waals surface area contributed by atoms with Gasteiger partial charge >= 0.3 is 5.97 Å². The number of hydrogen-bond acceptors (Lipinski definition) is 5. The lowest BCUT2D eigenvalue weighted by Gasteiger charge is -2.24. The predicted octanol–water partition coefficient (Wildman–Crippen LogP) is 9.78. The zero-order valence-corrected chi connectivity index (χ0v) is 29.4. The number of rotatable bonds is 14. The molecule has 0 amide bonds. The third-order valence-corrected chi connectivity index (χ3v) is 9.64. The van der Waals surface area contributed by atoms with E-state index in [1.807, 2.05) is 24.3 Å². The quantitative estimate of drug-likeness (QED) is 0.0873. The highest BCUT2D eigenvalue weighted by Gasteiger charge is 2.25. The van der Waals surface area contributed by atoms with Crippen LogP contribution in [0, 0.1) is 0 Å². The largest absolute Gasteiger partial charge is 0.491 e. The second-order valence-electron chi connectivity index (χ2n) is 12.8. The van der Waals surface area contributed by atoms with Gasteiger partial charge in [-0.15, -0.1) is 0 Å². The number of esters is 1. The highest BCUT2D eigenvalue weighted by atomic mass is 16.6. The smallest absolute Gasteiger partial charge is 0.335 e. The van der Waals surface area contributed by atoms with Crippen molar-refractivity contribution in [3.8, 4) is 5.75 Å². The molecule has 0 aromatic heterocycles. The van der Waals surface area contributed by atoms with Crippen LogP contribution in [0.5, 0.6) is 5.75 Å². The fraction of sp³-hybridized carbons (Fsp3) is 0.267. The van der Waals surface area contributed by atoms with Gasteiger partial charge in [-0.25, -0.2) is 4.79 Å². The van der Waals surface area contributed by atoms with Gasteiger partial charge in [-0.1, -0.05) is 135 Å². The van der Waals surface area contributed by atoms with Crippen LogP contribution in [0.3, 0.4) is 0 Å². The molecule has 256 valence electrons. The van der Waals surface area contributed by atoms with E-state index < -0.39 is 6.10 Å². The maximum atomic E-state index is 12.2. The molecule has 1 aliphatic carbocycles. The normalized spacial score (nSPS) is 15.2. The number of carbonyl (C=O) groups is 1. The van der Waals surface area contributed by atoms with Crippen LogP contribution in [-0.4, -0.2) is 39.0 Å². The predicted molar refractivity (Wildman–Crippen MR) is 201 cm³/mol. The van der Waals surface area contributed by atoms with Crippen LogP contribution in [0.25, 0.3) is 12.2 Å². The van der Waals surface area contributed by atoms with E-state index in [0.29, 0.717) is 26.2 Å². The van der Waals surface area contributed by atoms with Gasteiger partial charge in [-0.3, -0.25) is 0 Å². The van der Waals surface area contributed by atoms with Crippen molar-refractivity contribution in [2.45, 2.75) is 51.2 Å². The molecule has 5 heteroatoms. The van der Waals surface area contributed by atoms with Gasteiger partial charge < -0.3 is 18.9 Å². The minimum atomic E-state index is -0.637. The first-order valence-electron chi connectivity index (χ1n) is 17.5. The minimum Gasteiger partial charge on any atom is -0.491 e. The van der Waals surface area contributed by atoms with Gasteiger partial charge in [0.1, 0.15) is 18.5 Å². The maximum absolute atomic E-state index is 12.2. The SMILES string of the molecule is CCOC(=O)C(Cc1ccc(OCCOC2c3cc(C(C)c4ccccc4)ccc3C=Cc3ccc(C(C)c4ccccc4)cc32)cc1)OC. The first-order valence-corrected chi connectivity index (χ1v) is 17.5. The first-order chi connectivity index (χ1) is 24.4. The molecule has 5 aromatic rings. The minimum absolute atomic E-state index is 0.237. The van der Waals surface area contributed by atoms with Crippen LogP contribution in [0.2, 0.25) is 0 Å². The van der Waals surface area contributed by atoms with E-state index in [1.54, 1.807) is 6.92 Å². The summed E-state index contributed by atoms with van der Waals surface area (Å²) in [6, 6.07) is 42.6. The van der Waals surface area contributed by atoms with Crippen LogP contribution in [0.4, 0.5) is 0 Å². The molecule has 1 aliphatic rings. The second-order valence-corrected chi connectivity index (χ2v) is 12.8. The summed E-state index contributed by atoms with van der Waals surface area (Å²) in [5, 5.41) is 0. The number of fused-ring (bicyclic) bond motifs is 2. The zero-order valence-electron chi connectivity index (χ0n) is 29.4. The molecule has 0 aliphatic heterocycles. The molecule has 5 nitrogen and oxygen atoms in total. The summed E-state index contributed by atoms with van der Waals surface area (Å²) in [4.78, 5) is 12.2. The van der Waals surface area contributed by atoms with Gasteiger partial charge in [0.15, 0.2) is 6.10 Å². The Bertz CT molecular complexity index is 1780. The van der Waals surface area contributed by atoms with Crippen molar-refractivity contribution in [2.75, 3.05) is 26.9 Å². The summed E-state index contributed by atoms with van der Waals surface area (Å²) >= 11 is 0.